The fourth-order valence-electron chi connectivity index (χ4n) is 2.62. The van der Waals surface area contributed by atoms with E-state index < -0.39 is 0 Å². The monoisotopic (exact) mass is 195 g/mol. The zero-order valence-corrected chi connectivity index (χ0v) is 9.60. The summed E-state index contributed by atoms with van der Waals surface area (Å²) in [6.45, 7) is 3.85. The molecule has 1 atom stereocenters. The van der Waals surface area contributed by atoms with Crippen LogP contribution in [0.3, 0.4) is 0 Å². The second-order valence-electron chi connectivity index (χ2n) is 4.52. The molecule has 0 aromatic rings. The van der Waals surface area contributed by atoms with Gasteiger partial charge in [-0.15, -0.1) is 6.58 Å². The molecular weight excluding hydrogens is 170 g/mol. The van der Waals surface area contributed by atoms with Crippen LogP contribution in [0.5, 0.6) is 0 Å². The second-order valence-corrected chi connectivity index (χ2v) is 4.52. The number of rotatable bonds is 4. The van der Waals surface area contributed by atoms with Gasteiger partial charge in [0.05, 0.1) is 0 Å². The molecule has 1 rings (SSSR count). The van der Waals surface area contributed by atoms with Crippen molar-refractivity contribution in [3.63, 3.8) is 0 Å². The van der Waals surface area contributed by atoms with E-state index in [1.807, 2.05) is 0 Å². The summed E-state index contributed by atoms with van der Waals surface area (Å²) in [5.74, 6) is 0.887. The lowest BCUT2D eigenvalue weighted by atomic mass is 9.84. The molecule has 1 aliphatic carbocycles. The van der Waals surface area contributed by atoms with Crippen molar-refractivity contribution in [2.45, 2.75) is 57.4 Å². The van der Waals surface area contributed by atoms with Gasteiger partial charge in [0.15, 0.2) is 0 Å². The molecule has 0 amide bonds. The second kappa shape index (κ2) is 7.05. The minimum absolute atomic E-state index is 0.672. The van der Waals surface area contributed by atoms with Gasteiger partial charge in [-0.2, -0.15) is 0 Å². The topological polar surface area (TPSA) is 12.0 Å². The molecule has 0 saturated heterocycles. The van der Waals surface area contributed by atoms with Gasteiger partial charge in [-0.3, -0.25) is 0 Å². The molecule has 0 aromatic carbocycles. The zero-order valence-electron chi connectivity index (χ0n) is 9.60. The highest BCUT2D eigenvalue weighted by Crippen LogP contribution is 2.26. The summed E-state index contributed by atoms with van der Waals surface area (Å²) >= 11 is 0. The van der Waals surface area contributed by atoms with Crippen LogP contribution < -0.4 is 5.32 Å². The van der Waals surface area contributed by atoms with Crippen molar-refractivity contribution in [3.05, 3.63) is 12.7 Å². The Balaban J connectivity index is 2.39. The molecule has 1 N–H and O–H groups in total. The maximum Gasteiger partial charge on any atom is 0.0127 e. The van der Waals surface area contributed by atoms with E-state index >= 15 is 0 Å². The smallest absolute Gasteiger partial charge is 0.0127 e. The van der Waals surface area contributed by atoms with E-state index in [-0.39, 0.29) is 0 Å². The molecule has 0 heterocycles. The van der Waals surface area contributed by atoms with Gasteiger partial charge in [0.25, 0.3) is 0 Å². The Hall–Kier alpha value is -0.300. The normalized spacial score (nSPS) is 22.4. The van der Waals surface area contributed by atoms with Crippen molar-refractivity contribution in [1.82, 2.24) is 5.32 Å². The third-order valence-corrected chi connectivity index (χ3v) is 3.51. The molecule has 1 unspecified atom stereocenters. The maximum absolute atomic E-state index is 3.85. The van der Waals surface area contributed by atoms with Crippen molar-refractivity contribution in [2.75, 3.05) is 7.05 Å². The first-order valence-corrected chi connectivity index (χ1v) is 6.16. The molecule has 1 aliphatic rings. The first kappa shape index (κ1) is 11.8. The van der Waals surface area contributed by atoms with Crippen LogP contribution in [0.15, 0.2) is 12.7 Å². The highest BCUT2D eigenvalue weighted by atomic mass is 14.9. The third-order valence-electron chi connectivity index (χ3n) is 3.51. The van der Waals surface area contributed by atoms with Crippen LogP contribution in [0.1, 0.15) is 51.4 Å². The Morgan fingerprint density at radius 3 is 2.29 bits per heavy atom. The average molecular weight is 195 g/mol. The van der Waals surface area contributed by atoms with Crippen LogP contribution in [0, 0.1) is 5.92 Å². The van der Waals surface area contributed by atoms with E-state index in [2.05, 4.69) is 25.0 Å². The van der Waals surface area contributed by atoms with Crippen molar-refractivity contribution >= 4 is 0 Å². The fraction of sp³-hybridized carbons (Fsp3) is 0.846. The van der Waals surface area contributed by atoms with Crippen LogP contribution in [-0.2, 0) is 0 Å². The Morgan fingerprint density at radius 2 is 1.79 bits per heavy atom. The van der Waals surface area contributed by atoms with E-state index in [4.69, 9.17) is 0 Å². The number of hydrogen-bond acceptors (Lipinski definition) is 1. The summed E-state index contributed by atoms with van der Waals surface area (Å²) in [6, 6.07) is 0.672. The largest absolute Gasteiger partial charge is 0.316 e. The van der Waals surface area contributed by atoms with Crippen molar-refractivity contribution in [1.29, 1.82) is 0 Å². The molecule has 1 fully saturated rings. The van der Waals surface area contributed by atoms with Gasteiger partial charge in [-0.1, -0.05) is 38.2 Å². The lowest BCUT2D eigenvalue weighted by Crippen LogP contribution is -2.33. The maximum atomic E-state index is 3.85. The predicted molar refractivity (Wildman–Crippen MR) is 63.5 cm³/mol. The average Bonchev–Trinajstić information content (AvgIpc) is 2.15. The van der Waals surface area contributed by atoms with Gasteiger partial charge in [-0.25, -0.2) is 0 Å². The molecule has 1 nitrogen and oxygen atoms in total. The standard InChI is InChI=1S/C13H25N/c1-3-9-13(14-2)12-10-7-5-4-6-8-11-12/h3,12-14H,1,4-11H2,2H3. The van der Waals surface area contributed by atoms with E-state index in [1.165, 1.54) is 44.9 Å². The minimum Gasteiger partial charge on any atom is -0.316 e. The summed E-state index contributed by atoms with van der Waals surface area (Å²) in [7, 11) is 2.09. The van der Waals surface area contributed by atoms with Crippen LogP contribution in [0.25, 0.3) is 0 Å². The van der Waals surface area contributed by atoms with Gasteiger partial charge < -0.3 is 5.32 Å². The molecule has 0 spiro atoms. The first-order valence-electron chi connectivity index (χ1n) is 6.16. The summed E-state index contributed by atoms with van der Waals surface area (Å²) in [5, 5.41) is 3.45. The summed E-state index contributed by atoms with van der Waals surface area (Å²) in [6.07, 6.45) is 13.2. The molecule has 14 heavy (non-hydrogen) atoms. The molecule has 0 radical (unpaired) electrons. The van der Waals surface area contributed by atoms with Gasteiger partial charge in [0.1, 0.15) is 0 Å². The fourth-order valence-corrected chi connectivity index (χ4v) is 2.62. The summed E-state index contributed by atoms with van der Waals surface area (Å²) in [4.78, 5) is 0. The molecule has 82 valence electrons. The quantitative estimate of drug-likeness (QED) is 0.677. The zero-order chi connectivity index (χ0) is 10.2. The van der Waals surface area contributed by atoms with Crippen molar-refractivity contribution in [3.8, 4) is 0 Å². The Morgan fingerprint density at radius 1 is 1.21 bits per heavy atom. The lowest BCUT2D eigenvalue weighted by molar-refractivity contribution is 0.296. The lowest BCUT2D eigenvalue weighted by Gasteiger charge is -2.27. The van der Waals surface area contributed by atoms with E-state index in [0.717, 1.165) is 12.3 Å². The van der Waals surface area contributed by atoms with Crippen molar-refractivity contribution < 1.29 is 0 Å². The van der Waals surface area contributed by atoms with E-state index in [9.17, 15) is 0 Å². The van der Waals surface area contributed by atoms with Gasteiger partial charge >= 0.3 is 0 Å². The van der Waals surface area contributed by atoms with Crippen LogP contribution in [0.4, 0.5) is 0 Å². The molecule has 1 saturated carbocycles. The minimum atomic E-state index is 0.672. The Labute approximate surface area is 89.0 Å². The van der Waals surface area contributed by atoms with Gasteiger partial charge in [-0.05, 0) is 32.2 Å². The molecule has 0 bridgehead atoms. The first-order chi connectivity index (χ1) is 6.88. The SMILES string of the molecule is C=CCC(NC)C1CCCCCCC1. The molecular formula is C13H25N. The van der Waals surface area contributed by atoms with Crippen LogP contribution >= 0.6 is 0 Å². The highest BCUT2D eigenvalue weighted by molar-refractivity contribution is 4.83. The van der Waals surface area contributed by atoms with Crippen LogP contribution in [-0.4, -0.2) is 13.1 Å². The van der Waals surface area contributed by atoms with Crippen molar-refractivity contribution in [2.24, 2.45) is 5.92 Å². The molecule has 1 heteroatoms. The number of nitrogens with one attached hydrogen (secondary N) is 1. The predicted octanol–water partition coefficient (Wildman–Crippen LogP) is 3.51. The Bertz CT molecular complexity index is 145. The van der Waals surface area contributed by atoms with Gasteiger partial charge in [0, 0.05) is 6.04 Å². The highest BCUT2D eigenvalue weighted by Gasteiger charge is 2.19. The molecule has 0 aliphatic heterocycles. The van der Waals surface area contributed by atoms with Gasteiger partial charge in [0.2, 0.25) is 0 Å². The summed E-state index contributed by atoms with van der Waals surface area (Å²) in [5.41, 5.74) is 0. The van der Waals surface area contributed by atoms with E-state index in [0.29, 0.717) is 6.04 Å². The third kappa shape index (κ3) is 3.83. The van der Waals surface area contributed by atoms with E-state index in [1.54, 1.807) is 0 Å². The van der Waals surface area contributed by atoms with Crippen LogP contribution in [0.2, 0.25) is 0 Å². The summed E-state index contributed by atoms with van der Waals surface area (Å²) < 4.78 is 0. The Kier molecular flexibility index (Phi) is 5.93. The number of hydrogen-bond donors (Lipinski definition) is 1. The molecule has 0 aromatic heterocycles.